The Morgan fingerprint density at radius 3 is 2.54 bits per heavy atom. The van der Waals surface area contributed by atoms with Crippen molar-refractivity contribution in [3.8, 4) is 0 Å². The molecule has 6 heteroatoms. The van der Waals surface area contributed by atoms with Gasteiger partial charge < -0.3 is 15.0 Å². The molecule has 2 aliphatic rings. The van der Waals surface area contributed by atoms with Gasteiger partial charge in [0.15, 0.2) is 6.61 Å². The normalized spacial score (nSPS) is 20.4. The molecule has 2 amide bonds. The first-order valence-electron chi connectivity index (χ1n) is 9.42. The Morgan fingerprint density at radius 2 is 1.88 bits per heavy atom. The summed E-state index contributed by atoms with van der Waals surface area (Å²) >= 11 is 0. The van der Waals surface area contributed by atoms with E-state index in [9.17, 15) is 14.4 Å². The highest BCUT2D eigenvalue weighted by molar-refractivity contribution is 5.99. The monoisotopic (exact) mass is 358 g/mol. The van der Waals surface area contributed by atoms with Crippen LogP contribution in [0.15, 0.2) is 24.3 Å². The Balaban J connectivity index is 1.49. The van der Waals surface area contributed by atoms with Crippen molar-refractivity contribution in [2.45, 2.75) is 51.5 Å². The van der Waals surface area contributed by atoms with Crippen LogP contribution in [0.3, 0.4) is 0 Å². The number of hydrogen-bond acceptors (Lipinski definition) is 4. The number of amides is 2. The maximum atomic E-state index is 12.3. The van der Waals surface area contributed by atoms with Gasteiger partial charge in [0.2, 0.25) is 5.91 Å². The fraction of sp³-hybridized carbons (Fsp3) is 0.550. The minimum absolute atomic E-state index is 0.0911. The molecule has 2 fully saturated rings. The van der Waals surface area contributed by atoms with E-state index in [0.29, 0.717) is 6.54 Å². The predicted molar refractivity (Wildman–Crippen MR) is 97.6 cm³/mol. The van der Waals surface area contributed by atoms with Crippen LogP contribution in [0.1, 0.15) is 44.6 Å². The van der Waals surface area contributed by atoms with Crippen LogP contribution in [0.2, 0.25) is 0 Å². The molecule has 1 N–H and O–H groups in total. The average molecular weight is 358 g/mol. The number of benzene rings is 1. The summed E-state index contributed by atoms with van der Waals surface area (Å²) in [4.78, 5) is 38.0. The Hall–Kier alpha value is -2.37. The van der Waals surface area contributed by atoms with Crippen LogP contribution < -0.4 is 10.2 Å². The standard InChI is InChI=1S/C20H26N2O4/c1-2-14-7-9-17(10-8-14)22-12-15(11-19(22)24)20(25)26-13-18(23)21-16-5-3-4-6-16/h7-10,15-16H,2-6,11-13H2,1H3,(H,21,23). The van der Waals surface area contributed by atoms with Crippen molar-refractivity contribution in [3.05, 3.63) is 29.8 Å². The first-order valence-corrected chi connectivity index (χ1v) is 9.42. The molecule has 1 aromatic rings. The maximum absolute atomic E-state index is 12.3. The van der Waals surface area contributed by atoms with Gasteiger partial charge >= 0.3 is 5.97 Å². The second-order valence-electron chi connectivity index (χ2n) is 7.08. The highest BCUT2D eigenvalue weighted by Gasteiger charge is 2.36. The number of anilines is 1. The summed E-state index contributed by atoms with van der Waals surface area (Å²) in [6.07, 6.45) is 5.30. The Bertz CT molecular complexity index is 665. The van der Waals surface area contributed by atoms with Gasteiger partial charge in [0.05, 0.1) is 5.92 Å². The van der Waals surface area contributed by atoms with Gasteiger partial charge in [-0.2, -0.15) is 0 Å². The topological polar surface area (TPSA) is 75.7 Å². The van der Waals surface area contributed by atoms with E-state index in [1.165, 1.54) is 5.56 Å². The fourth-order valence-electron chi connectivity index (χ4n) is 3.62. The van der Waals surface area contributed by atoms with Crippen molar-refractivity contribution < 1.29 is 19.1 Å². The number of carbonyl (C=O) groups is 3. The van der Waals surface area contributed by atoms with Crippen LogP contribution in [-0.2, 0) is 25.5 Å². The minimum Gasteiger partial charge on any atom is -0.455 e. The van der Waals surface area contributed by atoms with Crippen LogP contribution in [0.5, 0.6) is 0 Å². The lowest BCUT2D eigenvalue weighted by Crippen LogP contribution is -2.36. The SMILES string of the molecule is CCc1ccc(N2CC(C(=O)OCC(=O)NC3CCCC3)CC2=O)cc1. The summed E-state index contributed by atoms with van der Waals surface area (Å²) in [5, 5.41) is 2.89. The molecule has 26 heavy (non-hydrogen) atoms. The molecule has 1 aromatic carbocycles. The fourth-order valence-corrected chi connectivity index (χ4v) is 3.62. The molecular weight excluding hydrogens is 332 g/mol. The Labute approximate surface area is 153 Å². The lowest BCUT2D eigenvalue weighted by atomic mass is 10.1. The third-order valence-corrected chi connectivity index (χ3v) is 5.18. The quantitative estimate of drug-likeness (QED) is 0.791. The first-order chi connectivity index (χ1) is 12.6. The molecule has 0 spiro atoms. The number of ether oxygens (including phenoxy) is 1. The lowest BCUT2D eigenvalue weighted by Gasteiger charge is -2.17. The van der Waals surface area contributed by atoms with Crippen molar-refractivity contribution in [1.29, 1.82) is 0 Å². The van der Waals surface area contributed by atoms with E-state index in [1.807, 2.05) is 24.3 Å². The smallest absolute Gasteiger partial charge is 0.311 e. The predicted octanol–water partition coefficient (Wildman–Crippen LogP) is 2.20. The van der Waals surface area contributed by atoms with Gasteiger partial charge in [-0.3, -0.25) is 14.4 Å². The number of hydrogen-bond donors (Lipinski definition) is 1. The van der Waals surface area contributed by atoms with Gasteiger partial charge in [0, 0.05) is 24.7 Å². The van der Waals surface area contributed by atoms with Crippen molar-refractivity contribution in [2.75, 3.05) is 18.1 Å². The molecule has 1 heterocycles. The molecule has 1 aliphatic carbocycles. The molecule has 0 bridgehead atoms. The molecule has 1 aliphatic heterocycles. The molecule has 0 radical (unpaired) electrons. The first kappa shape index (κ1) is 18.4. The summed E-state index contributed by atoms with van der Waals surface area (Å²) in [5.74, 6) is -1.35. The molecule has 1 atom stereocenters. The molecule has 1 saturated carbocycles. The number of aryl methyl sites for hydroxylation is 1. The molecule has 6 nitrogen and oxygen atoms in total. The van der Waals surface area contributed by atoms with E-state index in [2.05, 4.69) is 12.2 Å². The molecule has 0 aromatic heterocycles. The van der Waals surface area contributed by atoms with E-state index in [4.69, 9.17) is 4.74 Å². The summed E-state index contributed by atoms with van der Waals surface area (Å²) < 4.78 is 5.14. The van der Waals surface area contributed by atoms with E-state index in [1.54, 1.807) is 4.90 Å². The van der Waals surface area contributed by atoms with Crippen molar-refractivity contribution in [1.82, 2.24) is 5.32 Å². The second-order valence-corrected chi connectivity index (χ2v) is 7.08. The zero-order valence-electron chi connectivity index (χ0n) is 15.2. The highest BCUT2D eigenvalue weighted by Crippen LogP contribution is 2.26. The van der Waals surface area contributed by atoms with Gasteiger partial charge in [-0.1, -0.05) is 31.9 Å². The minimum atomic E-state index is -0.521. The van der Waals surface area contributed by atoms with Gasteiger partial charge in [-0.25, -0.2) is 0 Å². The van der Waals surface area contributed by atoms with Gasteiger partial charge in [0.1, 0.15) is 0 Å². The van der Waals surface area contributed by atoms with Gasteiger partial charge in [0.25, 0.3) is 5.91 Å². The van der Waals surface area contributed by atoms with Crippen LogP contribution in [0, 0.1) is 5.92 Å². The van der Waals surface area contributed by atoms with E-state index < -0.39 is 11.9 Å². The van der Waals surface area contributed by atoms with Gasteiger partial charge in [-0.05, 0) is 37.0 Å². The molecular formula is C20H26N2O4. The van der Waals surface area contributed by atoms with E-state index in [0.717, 1.165) is 37.8 Å². The molecule has 1 saturated heterocycles. The van der Waals surface area contributed by atoms with Crippen LogP contribution >= 0.6 is 0 Å². The summed E-state index contributed by atoms with van der Waals surface area (Å²) in [6.45, 7) is 2.10. The summed E-state index contributed by atoms with van der Waals surface area (Å²) in [6, 6.07) is 7.98. The van der Waals surface area contributed by atoms with Crippen molar-refractivity contribution in [2.24, 2.45) is 5.92 Å². The van der Waals surface area contributed by atoms with Crippen LogP contribution in [-0.4, -0.2) is 37.0 Å². The van der Waals surface area contributed by atoms with E-state index >= 15 is 0 Å². The zero-order valence-corrected chi connectivity index (χ0v) is 15.2. The number of nitrogens with one attached hydrogen (secondary N) is 1. The maximum Gasteiger partial charge on any atom is 0.311 e. The lowest BCUT2D eigenvalue weighted by molar-refractivity contribution is -0.152. The molecule has 3 rings (SSSR count). The largest absolute Gasteiger partial charge is 0.455 e. The number of esters is 1. The summed E-state index contributed by atoms with van der Waals surface area (Å²) in [7, 11) is 0. The third kappa shape index (κ3) is 4.42. The number of nitrogens with zero attached hydrogens (tertiary/aromatic N) is 1. The third-order valence-electron chi connectivity index (χ3n) is 5.18. The van der Waals surface area contributed by atoms with Crippen molar-refractivity contribution in [3.63, 3.8) is 0 Å². The number of carbonyl (C=O) groups excluding carboxylic acids is 3. The van der Waals surface area contributed by atoms with Crippen LogP contribution in [0.4, 0.5) is 5.69 Å². The van der Waals surface area contributed by atoms with Gasteiger partial charge in [-0.15, -0.1) is 0 Å². The second kappa shape index (κ2) is 8.34. The Kier molecular flexibility index (Phi) is 5.91. The molecule has 1 unspecified atom stereocenters. The van der Waals surface area contributed by atoms with Crippen molar-refractivity contribution >= 4 is 23.5 Å². The number of rotatable bonds is 6. The van der Waals surface area contributed by atoms with Crippen LogP contribution in [0.25, 0.3) is 0 Å². The zero-order chi connectivity index (χ0) is 18.5. The molecule has 140 valence electrons. The Morgan fingerprint density at radius 1 is 1.19 bits per heavy atom. The van der Waals surface area contributed by atoms with E-state index in [-0.39, 0.29) is 30.9 Å². The average Bonchev–Trinajstić information content (AvgIpc) is 3.29. The summed E-state index contributed by atoms with van der Waals surface area (Å²) in [5.41, 5.74) is 1.99. The highest BCUT2D eigenvalue weighted by atomic mass is 16.5.